The highest BCUT2D eigenvalue weighted by Gasteiger charge is 2.13. The van der Waals surface area contributed by atoms with Gasteiger partial charge in [0.2, 0.25) is 5.91 Å². The Bertz CT molecular complexity index is 569. The lowest BCUT2D eigenvalue weighted by atomic mass is 9.97. The van der Waals surface area contributed by atoms with E-state index in [1.54, 1.807) is 11.1 Å². The van der Waals surface area contributed by atoms with Gasteiger partial charge in [0.05, 0.1) is 0 Å². The highest BCUT2D eigenvalue weighted by molar-refractivity contribution is 5.76. The number of carbonyl (C=O) groups is 1. The molecular weight excluding hydrogens is 272 g/mol. The van der Waals surface area contributed by atoms with Gasteiger partial charge in [0.1, 0.15) is 0 Å². The van der Waals surface area contributed by atoms with Crippen LogP contribution in [0.4, 0.5) is 0 Å². The van der Waals surface area contributed by atoms with Gasteiger partial charge in [0, 0.05) is 32.4 Å². The van der Waals surface area contributed by atoms with E-state index in [9.17, 15) is 4.79 Å². The summed E-state index contributed by atoms with van der Waals surface area (Å²) in [6, 6.07) is 14.3. The maximum atomic E-state index is 12.3. The fourth-order valence-electron chi connectivity index (χ4n) is 2.47. The van der Waals surface area contributed by atoms with Crippen LogP contribution in [0.15, 0.2) is 54.9 Å². The second-order valence-corrected chi connectivity index (χ2v) is 5.94. The van der Waals surface area contributed by atoms with Crippen LogP contribution in [0.1, 0.15) is 30.9 Å². The summed E-state index contributed by atoms with van der Waals surface area (Å²) in [5.74, 6) is 0.591. The van der Waals surface area contributed by atoms with E-state index in [1.807, 2.05) is 31.4 Å². The van der Waals surface area contributed by atoms with Crippen molar-refractivity contribution in [2.24, 2.45) is 5.92 Å². The number of amides is 1. The first-order valence-electron chi connectivity index (χ1n) is 7.82. The van der Waals surface area contributed by atoms with Crippen molar-refractivity contribution in [3.63, 3.8) is 0 Å². The van der Waals surface area contributed by atoms with Crippen LogP contribution in [0, 0.1) is 5.92 Å². The topological polar surface area (TPSA) is 33.2 Å². The number of aryl methyl sites for hydroxylation is 1. The van der Waals surface area contributed by atoms with E-state index in [1.165, 1.54) is 5.56 Å². The van der Waals surface area contributed by atoms with Gasteiger partial charge >= 0.3 is 0 Å². The summed E-state index contributed by atoms with van der Waals surface area (Å²) < 4.78 is 0. The standard InChI is InChI=1S/C19H24N2O/c1-16(10-11-17-7-4-3-5-8-17)13-19(22)21(2)15-18-9-6-12-20-14-18/h3-9,12,14,16H,10-11,13,15H2,1-2H3. The molecule has 0 radical (unpaired) electrons. The molecule has 116 valence electrons. The fourth-order valence-corrected chi connectivity index (χ4v) is 2.47. The lowest BCUT2D eigenvalue weighted by Gasteiger charge is -2.19. The van der Waals surface area contributed by atoms with Gasteiger partial charge in [-0.3, -0.25) is 9.78 Å². The average Bonchev–Trinajstić information content (AvgIpc) is 2.55. The molecule has 0 aliphatic heterocycles. The van der Waals surface area contributed by atoms with Crippen LogP contribution in [-0.2, 0) is 17.8 Å². The first-order valence-corrected chi connectivity index (χ1v) is 7.82. The Morgan fingerprint density at radius 1 is 1.14 bits per heavy atom. The van der Waals surface area contributed by atoms with Crippen LogP contribution >= 0.6 is 0 Å². The van der Waals surface area contributed by atoms with Crippen LogP contribution in [0.25, 0.3) is 0 Å². The van der Waals surface area contributed by atoms with Crippen LogP contribution < -0.4 is 0 Å². The van der Waals surface area contributed by atoms with Gasteiger partial charge in [-0.25, -0.2) is 0 Å². The van der Waals surface area contributed by atoms with Crippen molar-refractivity contribution in [2.75, 3.05) is 7.05 Å². The van der Waals surface area contributed by atoms with Crippen molar-refractivity contribution in [3.05, 3.63) is 66.0 Å². The fraction of sp³-hybridized carbons (Fsp3) is 0.368. The Balaban J connectivity index is 1.75. The lowest BCUT2D eigenvalue weighted by molar-refractivity contribution is -0.131. The smallest absolute Gasteiger partial charge is 0.222 e. The predicted octanol–water partition coefficient (Wildman–Crippen LogP) is 3.70. The number of hydrogen-bond acceptors (Lipinski definition) is 2. The minimum absolute atomic E-state index is 0.199. The number of carbonyl (C=O) groups excluding carboxylic acids is 1. The van der Waals surface area contributed by atoms with Crippen molar-refractivity contribution in [1.82, 2.24) is 9.88 Å². The average molecular weight is 296 g/mol. The summed E-state index contributed by atoms with van der Waals surface area (Å²) in [5.41, 5.74) is 2.40. The zero-order chi connectivity index (χ0) is 15.8. The molecule has 1 aromatic carbocycles. The third kappa shape index (κ3) is 5.32. The molecule has 1 unspecified atom stereocenters. The van der Waals surface area contributed by atoms with Crippen molar-refractivity contribution >= 4 is 5.91 Å². The Morgan fingerprint density at radius 2 is 1.86 bits per heavy atom. The van der Waals surface area contributed by atoms with Crippen molar-refractivity contribution < 1.29 is 4.79 Å². The number of pyridine rings is 1. The molecule has 2 aromatic rings. The number of rotatable bonds is 7. The van der Waals surface area contributed by atoms with Gasteiger partial charge in [-0.1, -0.05) is 43.3 Å². The largest absolute Gasteiger partial charge is 0.341 e. The van der Waals surface area contributed by atoms with Gasteiger partial charge in [-0.2, -0.15) is 0 Å². The van der Waals surface area contributed by atoms with E-state index < -0.39 is 0 Å². The quantitative estimate of drug-likeness (QED) is 0.780. The normalized spacial score (nSPS) is 11.9. The summed E-state index contributed by atoms with van der Waals surface area (Å²) >= 11 is 0. The SMILES string of the molecule is CC(CCc1ccccc1)CC(=O)N(C)Cc1cccnc1. The summed E-state index contributed by atoms with van der Waals surface area (Å²) in [6.07, 6.45) is 6.22. The van der Waals surface area contributed by atoms with E-state index in [2.05, 4.69) is 36.2 Å². The first kappa shape index (κ1) is 16.2. The molecule has 1 amide bonds. The van der Waals surface area contributed by atoms with Crippen LogP contribution in [0.3, 0.4) is 0 Å². The van der Waals surface area contributed by atoms with Crippen molar-refractivity contribution in [2.45, 2.75) is 32.7 Å². The molecule has 0 aliphatic rings. The van der Waals surface area contributed by atoms with E-state index in [4.69, 9.17) is 0 Å². The van der Waals surface area contributed by atoms with E-state index in [0.717, 1.165) is 18.4 Å². The minimum atomic E-state index is 0.199. The monoisotopic (exact) mass is 296 g/mol. The zero-order valence-corrected chi connectivity index (χ0v) is 13.4. The van der Waals surface area contributed by atoms with E-state index in [0.29, 0.717) is 18.9 Å². The molecule has 0 bridgehead atoms. The predicted molar refractivity (Wildman–Crippen MR) is 89.3 cm³/mol. The molecule has 2 rings (SSSR count). The van der Waals surface area contributed by atoms with Crippen LogP contribution in [-0.4, -0.2) is 22.8 Å². The summed E-state index contributed by atoms with van der Waals surface area (Å²) in [5, 5.41) is 0. The molecule has 0 saturated carbocycles. The summed E-state index contributed by atoms with van der Waals surface area (Å²) in [4.78, 5) is 18.1. The molecule has 3 nitrogen and oxygen atoms in total. The third-order valence-electron chi connectivity index (χ3n) is 3.86. The van der Waals surface area contributed by atoms with E-state index in [-0.39, 0.29) is 5.91 Å². The highest BCUT2D eigenvalue weighted by atomic mass is 16.2. The Labute approximate surface area is 133 Å². The molecule has 0 N–H and O–H groups in total. The molecule has 1 heterocycles. The molecule has 0 spiro atoms. The highest BCUT2D eigenvalue weighted by Crippen LogP contribution is 2.14. The molecule has 0 fully saturated rings. The molecule has 1 aromatic heterocycles. The van der Waals surface area contributed by atoms with Crippen molar-refractivity contribution in [1.29, 1.82) is 0 Å². The van der Waals surface area contributed by atoms with E-state index >= 15 is 0 Å². The second-order valence-electron chi connectivity index (χ2n) is 5.94. The molecule has 3 heteroatoms. The number of hydrogen-bond donors (Lipinski definition) is 0. The number of benzene rings is 1. The zero-order valence-electron chi connectivity index (χ0n) is 13.4. The van der Waals surface area contributed by atoms with Gasteiger partial charge in [-0.05, 0) is 36.0 Å². The molecule has 0 aliphatic carbocycles. The number of aromatic nitrogens is 1. The lowest BCUT2D eigenvalue weighted by Crippen LogP contribution is -2.27. The van der Waals surface area contributed by atoms with Crippen LogP contribution in [0.2, 0.25) is 0 Å². The Morgan fingerprint density at radius 3 is 2.55 bits per heavy atom. The summed E-state index contributed by atoms with van der Waals surface area (Å²) in [6.45, 7) is 2.77. The van der Waals surface area contributed by atoms with Gasteiger partial charge < -0.3 is 4.90 Å². The third-order valence-corrected chi connectivity index (χ3v) is 3.86. The first-order chi connectivity index (χ1) is 10.6. The molecular formula is C19H24N2O. The maximum Gasteiger partial charge on any atom is 0.222 e. The van der Waals surface area contributed by atoms with Gasteiger partial charge in [0.25, 0.3) is 0 Å². The van der Waals surface area contributed by atoms with Gasteiger partial charge in [-0.15, -0.1) is 0 Å². The second kappa shape index (κ2) is 8.32. The Hall–Kier alpha value is -2.16. The minimum Gasteiger partial charge on any atom is -0.341 e. The molecule has 22 heavy (non-hydrogen) atoms. The van der Waals surface area contributed by atoms with Gasteiger partial charge in [0.15, 0.2) is 0 Å². The molecule has 1 atom stereocenters. The number of nitrogens with zero attached hydrogens (tertiary/aromatic N) is 2. The summed E-state index contributed by atoms with van der Waals surface area (Å²) in [7, 11) is 1.86. The molecule has 0 saturated heterocycles. The maximum absolute atomic E-state index is 12.3. The Kier molecular flexibility index (Phi) is 6.13. The van der Waals surface area contributed by atoms with Crippen molar-refractivity contribution in [3.8, 4) is 0 Å². The van der Waals surface area contributed by atoms with Crippen LogP contribution in [0.5, 0.6) is 0 Å².